The molecule has 1 aromatic heterocycles. The number of thioether (sulfide) groups is 1. The van der Waals surface area contributed by atoms with Crippen LogP contribution in [0.2, 0.25) is 0 Å². The molecule has 0 saturated carbocycles. The Bertz CT molecular complexity index is 754. The molecule has 3 rings (SSSR count). The molecular weight excluding hydrogens is 348 g/mol. The number of aryl methyl sites for hydroxylation is 1. The number of hydrogen-bond acceptors (Lipinski definition) is 5. The normalized spacial score (nSPS) is 15.3. The maximum atomic E-state index is 12.4. The zero-order valence-corrected chi connectivity index (χ0v) is 16.5. The van der Waals surface area contributed by atoms with Crippen molar-refractivity contribution in [1.29, 1.82) is 0 Å². The van der Waals surface area contributed by atoms with Gasteiger partial charge in [0.2, 0.25) is 5.91 Å². The molecule has 1 amide bonds. The van der Waals surface area contributed by atoms with Gasteiger partial charge in [0.25, 0.3) is 0 Å². The van der Waals surface area contributed by atoms with Crippen LogP contribution in [0.25, 0.3) is 0 Å². The molecule has 1 aliphatic rings. The molecule has 1 fully saturated rings. The van der Waals surface area contributed by atoms with Crippen LogP contribution in [0.1, 0.15) is 31.2 Å². The van der Waals surface area contributed by atoms with Gasteiger partial charge in [-0.25, -0.2) is 0 Å². The van der Waals surface area contributed by atoms with E-state index >= 15 is 0 Å². The number of hydrogen-bond donors (Lipinski definition) is 0. The second-order valence-corrected chi connectivity index (χ2v) is 7.81. The summed E-state index contributed by atoms with van der Waals surface area (Å²) >= 11 is 1.44. The van der Waals surface area contributed by atoms with E-state index in [0.717, 1.165) is 54.1 Å². The monoisotopic (exact) mass is 374 g/mol. The largest absolute Gasteiger partial charge is 0.485 e. The fraction of sp³-hybridized carbons (Fsp3) is 0.526. The van der Waals surface area contributed by atoms with E-state index in [1.807, 2.05) is 47.7 Å². The summed E-state index contributed by atoms with van der Waals surface area (Å²) in [6.45, 7) is 6.35. The van der Waals surface area contributed by atoms with Gasteiger partial charge in [0.05, 0.1) is 5.75 Å². The van der Waals surface area contributed by atoms with Crippen LogP contribution < -0.4 is 4.74 Å². The van der Waals surface area contributed by atoms with Gasteiger partial charge in [0.15, 0.2) is 11.0 Å². The average molecular weight is 375 g/mol. The summed E-state index contributed by atoms with van der Waals surface area (Å²) in [7, 11) is 1.91. The standard InChI is InChI=1S/C19H26N4O2S/c1-14-8-10-23(11-9-14)18(24)13-26-19-21-20-17(22(19)3)12-25-16-7-5-4-6-15(16)2/h4-7,14H,8-13H2,1-3H3. The first kappa shape index (κ1) is 18.8. The number of aromatic nitrogens is 3. The number of piperidine rings is 1. The highest BCUT2D eigenvalue weighted by Crippen LogP contribution is 2.21. The number of amides is 1. The lowest BCUT2D eigenvalue weighted by Crippen LogP contribution is -2.38. The molecule has 2 heterocycles. The third kappa shape index (κ3) is 4.58. The van der Waals surface area contributed by atoms with Crippen molar-refractivity contribution in [2.45, 2.75) is 38.5 Å². The summed E-state index contributed by atoms with van der Waals surface area (Å²) in [6, 6.07) is 7.90. The minimum atomic E-state index is 0.183. The van der Waals surface area contributed by atoms with Gasteiger partial charge in [-0.05, 0) is 37.3 Å². The van der Waals surface area contributed by atoms with Crippen LogP contribution in [0.3, 0.4) is 0 Å². The van der Waals surface area contributed by atoms with Gasteiger partial charge in [-0.1, -0.05) is 36.9 Å². The summed E-state index contributed by atoms with van der Waals surface area (Å²) < 4.78 is 7.74. The Morgan fingerprint density at radius 1 is 1.27 bits per heavy atom. The van der Waals surface area contributed by atoms with E-state index in [9.17, 15) is 4.79 Å². The minimum Gasteiger partial charge on any atom is -0.485 e. The number of benzene rings is 1. The molecule has 0 aliphatic carbocycles. The number of carbonyl (C=O) groups is 1. The van der Waals surface area contributed by atoms with E-state index in [1.54, 1.807) is 0 Å². The highest BCUT2D eigenvalue weighted by Gasteiger charge is 2.21. The molecule has 0 N–H and O–H groups in total. The van der Waals surface area contributed by atoms with Crippen molar-refractivity contribution in [2.75, 3.05) is 18.8 Å². The predicted octanol–water partition coefficient (Wildman–Crippen LogP) is 3.05. The van der Waals surface area contributed by atoms with Crippen molar-refractivity contribution in [2.24, 2.45) is 13.0 Å². The predicted molar refractivity (Wildman–Crippen MR) is 102 cm³/mol. The molecule has 26 heavy (non-hydrogen) atoms. The summed E-state index contributed by atoms with van der Waals surface area (Å²) in [4.78, 5) is 14.3. The molecule has 0 spiro atoms. The van der Waals surface area contributed by atoms with Crippen molar-refractivity contribution in [1.82, 2.24) is 19.7 Å². The molecule has 1 aromatic carbocycles. The number of rotatable bonds is 6. The minimum absolute atomic E-state index is 0.183. The maximum absolute atomic E-state index is 12.4. The van der Waals surface area contributed by atoms with E-state index in [4.69, 9.17) is 4.74 Å². The number of para-hydroxylation sites is 1. The highest BCUT2D eigenvalue weighted by atomic mass is 32.2. The number of likely N-dealkylation sites (tertiary alicyclic amines) is 1. The number of ether oxygens (including phenoxy) is 1. The lowest BCUT2D eigenvalue weighted by atomic mass is 9.99. The molecule has 0 atom stereocenters. The van der Waals surface area contributed by atoms with Crippen LogP contribution in [0.5, 0.6) is 5.75 Å². The second kappa shape index (κ2) is 8.58. The topological polar surface area (TPSA) is 60.3 Å². The zero-order chi connectivity index (χ0) is 18.5. The first-order valence-corrected chi connectivity index (χ1v) is 10.0. The molecule has 0 unspecified atom stereocenters. The third-order valence-electron chi connectivity index (χ3n) is 4.84. The molecule has 0 radical (unpaired) electrons. The van der Waals surface area contributed by atoms with Crippen LogP contribution in [0.15, 0.2) is 29.4 Å². The van der Waals surface area contributed by atoms with Crippen LogP contribution in [-0.4, -0.2) is 44.4 Å². The van der Waals surface area contributed by atoms with E-state index in [-0.39, 0.29) is 5.91 Å². The van der Waals surface area contributed by atoms with Crippen LogP contribution in [0, 0.1) is 12.8 Å². The lowest BCUT2D eigenvalue weighted by Gasteiger charge is -2.30. The maximum Gasteiger partial charge on any atom is 0.233 e. The molecule has 1 saturated heterocycles. The Morgan fingerprint density at radius 3 is 2.73 bits per heavy atom. The molecule has 2 aromatic rings. The molecule has 6 nitrogen and oxygen atoms in total. The Kier molecular flexibility index (Phi) is 6.19. The molecule has 7 heteroatoms. The van der Waals surface area contributed by atoms with Crippen molar-refractivity contribution >= 4 is 17.7 Å². The summed E-state index contributed by atoms with van der Waals surface area (Å²) in [5, 5.41) is 9.15. The molecular formula is C19H26N4O2S. The zero-order valence-electron chi connectivity index (χ0n) is 15.6. The third-order valence-corrected chi connectivity index (χ3v) is 5.84. The van der Waals surface area contributed by atoms with Gasteiger partial charge in [-0.2, -0.15) is 0 Å². The van der Waals surface area contributed by atoms with E-state index in [2.05, 4.69) is 17.1 Å². The Balaban J connectivity index is 1.52. The summed E-state index contributed by atoms with van der Waals surface area (Å²) in [6.07, 6.45) is 2.20. The first-order valence-electron chi connectivity index (χ1n) is 9.02. The van der Waals surface area contributed by atoms with Gasteiger partial charge in [-0.15, -0.1) is 10.2 Å². The average Bonchev–Trinajstić information content (AvgIpc) is 2.99. The number of carbonyl (C=O) groups excluding carboxylic acids is 1. The van der Waals surface area contributed by atoms with Crippen LogP contribution in [0.4, 0.5) is 0 Å². The van der Waals surface area contributed by atoms with Crippen molar-refractivity contribution in [3.8, 4) is 5.75 Å². The Morgan fingerprint density at radius 2 is 2.00 bits per heavy atom. The quantitative estimate of drug-likeness (QED) is 0.727. The fourth-order valence-corrected chi connectivity index (χ4v) is 3.77. The van der Waals surface area contributed by atoms with Crippen LogP contribution in [-0.2, 0) is 18.4 Å². The first-order chi connectivity index (χ1) is 12.5. The van der Waals surface area contributed by atoms with Gasteiger partial charge >= 0.3 is 0 Å². The van der Waals surface area contributed by atoms with E-state index < -0.39 is 0 Å². The van der Waals surface area contributed by atoms with E-state index in [0.29, 0.717) is 12.4 Å². The SMILES string of the molecule is Cc1ccccc1OCc1nnc(SCC(=O)N2CCC(C)CC2)n1C. The fourth-order valence-electron chi connectivity index (χ4n) is 2.93. The molecule has 1 aliphatic heterocycles. The van der Waals surface area contributed by atoms with Gasteiger partial charge in [0, 0.05) is 20.1 Å². The van der Waals surface area contributed by atoms with Gasteiger partial charge < -0.3 is 14.2 Å². The Hall–Kier alpha value is -2.02. The Labute approximate surface area is 158 Å². The highest BCUT2D eigenvalue weighted by molar-refractivity contribution is 7.99. The summed E-state index contributed by atoms with van der Waals surface area (Å²) in [5.74, 6) is 2.90. The molecule has 140 valence electrons. The number of nitrogens with zero attached hydrogens (tertiary/aromatic N) is 4. The van der Waals surface area contributed by atoms with Crippen molar-refractivity contribution < 1.29 is 9.53 Å². The van der Waals surface area contributed by atoms with Gasteiger partial charge in [-0.3, -0.25) is 4.79 Å². The van der Waals surface area contributed by atoms with Crippen LogP contribution >= 0.6 is 11.8 Å². The van der Waals surface area contributed by atoms with Crippen molar-refractivity contribution in [3.63, 3.8) is 0 Å². The van der Waals surface area contributed by atoms with Gasteiger partial charge in [0.1, 0.15) is 12.4 Å². The second-order valence-electron chi connectivity index (χ2n) is 6.86. The van der Waals surface area contributed by atoms with Crippen molar-refractivity contribution in [3.05, 3.63) is 35.7 Å². The lowest BCUT2D eigenvalue weighted by molar-refractivity contribution is -0.129. The van der Waals surface area contributed by atoms with E-state index in [1.165, 1.54) is 11.8 Å². The molecule has 0 bridgehead atoms. The summed E-state index contributed by atoms with van der Waals surface area (Å²) in [5.41, 5.74) is 1.09. The smallest absolute Gasteiger partial charge is 0.233 e.